The molecule has 0 atom stereocenters. The number of aliphatic imine (C=N–C) groups is 1. The van der Waals surface area contributed by atoms with Crippen LogP contribution in [0.4, 0.5) is 0 Å². The summed E-state index contributed by atoms with van der Waals surface area (Å²) in [6.45, 7) is 9.90. The van der Waals surface area contributed by atoms with E-state index >= 15 is 0 Å². The summed E-state index contributed by atoms with van der Waals surface area (Å²) in [6, 6.07) is 0. The number of aromatic nitrogens is 1. The summed E-state index contributed by atoms with van der Waals surface area (Å²) in [5.41, 5.74) is 1.18. The first-order chi connectivity index (χ1) is 11.2. The van der Waals surface area contributed by atoms with Crippen molar-refractivity contribution in [1.29, 1.82) is 0 Å². The molecule has 0 saturated carbocycles. The van der Waals surface area contributed by atoms with E-state index in [0.29, 0.717) is 5.92 Å². The Bertz CT molecular complexity index is 483. The zero-order chi connectivity index (χ0) is 16.5. The maximum atomic E-state index is 4.64. The van der Waals surface area contributed by atoms with E-state index < -0.39 is 0 Å². The molecule has 0 amide bonds. The Kier molecular flexibility index (Phi) is 10.8. The van der Waals surface area contributed by atoms with Gasteiger partial charge in [-0.3, -0.25) is 4.99 Å². The summed E-state index contributed by atoms with van der Waals surface area (Å²) in [4.78, 5) is 11.5. The number of hydrogen-bond acceptors (Lipinski definition) is 4. The molecule has 2 heterocycles. The van der Waals surface area contributed by atoms with Crippen LogP contribution in [0.5, 0.6) is 0 Å². The van der Waals surface area contributed by atoms with Gasteiger partial charge in [0.15, 0.2) is 5.96 Å². The summed E-state index contributed by atoms with van der Waals surface area (Å²) in [5.74, 6) is 1.36. The second-order valence-electron chi connectivity index (χ2n) is 6.43. The molecule has 7 heteroatoms. The second-order valence-corrected chi connectivity index (χ2v) is 7.37. The molecule has 0 radical (unpaired) electrons. The Morgan fingerprint density at radius 2 is 2.04 bits per heavy atom. The maximum absolute atomic E-state index is 4.64. The van der Waals surface area contributed by atoms with Gasteiger partial charge >= 0.3 is 0 Å². The highest BCUT2D eigenvalue weighted by molar-refractivity contribution is 14.0. The normalized spacial score (nSPS) is 15.6. The first-order valence-corrected chi connectivity index (χ1v) is 9.68. The molecule has 1 aliphatic rings. The predicted octanol–water partition coefficient (Wildman–Crippen LogP) is 3.43. The molecule has 1 saturated heterocycles. The number of halogens is 1. The lowest BCUT2D eigenvalue weighted by molar-refractivity contribution is 0.330. The van der Waals surface area contributed by atoms with Crippen molar-refractivity contribution < 1.29 is 0 Å². The minimum absolute atomic E-state index is 0. The zero-order valence-corrected chi connectivity index (χ0v) is 18.3. The van der Waals surface area contributed by atoms with Gasteiger partial charge in [-0.15, -0.1) is 35.3 Å². The fourth-order valence-electron chi connectivity index (χ4n) is 2.72. The smallest absolute Gasteiger partial charge is 0.191 e. The Hall–Kier alpha value is -0.410. The van der Waals surface area contributed by atoms with Crippen LogP contribution < -0.4 is 10.6 Å². The van der Waals surface area contributed by atoms with Crippen LogP contribution in [-0.2, 0) is 6.54 Å². The van der Waals surface area contributed by atoms with Gasteiger partial charge < -0.3 is 15.5 Å². The molecule has 1 fully saturated rings. The van der Waals surface area contributed by atoms with Gasteiger partial charge in [0.05, 0.1) is 12.2 Å². The van der Waals surface area contributed by atoms with E-state index in [1.807, 2.05) is 7.05 Å². The third-order valence-electron chi connectivity index (χ3n) is 4.18. The molecule has 24 heavy (non-hydrogen) atoms. The number of thiazole rings is 1. The molecule has 1 aromatic heterocycles. The van der Waals surface area contributed by atoms with Crippen LogP contribution in [-0.4, -0.2) is 49.1 Å². The molecule has 0 aliphatic carbocycles. The van der Waals surface area contributed by atoms with Crippen molar-refractivity contribution in [3.8, 4) is 0 Å². The summed E-state index contributed by atoms with van der Waals surface area (Å²) >= 11 is 1.71. The van der Waals surface area contributed by atoms with Gasteiger partial charge in [-0.1, -0.05) is 13.8 Å². The second kappa shape index (κ2) is 12.0. The van der Waals surface area contributed by atoms with E-state index in [9.17, 15) is 0 Å². The lowest BCUT2D eigenvalue weighted by Crippen LogP contribution is -2.37. The van der Waals surface area contributed by atoms with Crippen molar-refractivity contribution in [1.82, 2.24) is 20.5 Å². The summed E-state index contributed by atoms with van der Waals surface area (Å²) in [7, 11) is 1.82. The lowest BCUT2D eigenvalue weighted by atomic mass is 10.2. The van der Waals surface area contributed by atoms with Crippen molar-refractivity contribution >= 4 is 41.3 Å². The van der Waals surface area contributed by atoms with Gasteiger partial charge in [-0.2, -0.15) is 0 Å². The van der Waals surface area contributed by atoms with Gasteiger partial charge in [-0.05, 0) is 51.2 Å². The number of rotatable bonds is 8. The molecular weight excluding hydrogens is 433 g/mol. The van der Waals surface area contributed by atoms with Crippen molar-refractivity contribution in [2.24, 2.45) is 4.99 Å². The molecular formula is C17H32IN5S. The monoisotopic (exact) mass is 465 g/mol. The fourth-order valence-corrected chi connectivity index (χ4v) is 3.62. The number of hydrogen-bond donors (Lipinski definition) is 2. The van der Waals surface area contributed by atoms with E-state index in [4.69, 9.17) is 0 Å². The lowest BCUT2D eigenvalue weighted by Gasteiger charge is -2.15. The Balaban J connectivity index is 0.00000288. The molecule has 0 spiro atoms. The van der Waals surface area contributed by atoms with Crippen molar-refractivity contribution in [3.05, 3.63) is 16.1 Å². The molecule has 2 rings (SSSR count). The predicted molar refractivity (Wildman–Crippen MR) is 115 cm³/mol. The molecule has 0 bridgehead atoms. The Morgan fingerprint density at radius 3 is 2.67 bits per heavy atom. The van der Waals surface area contributed by atoms with E-state index in [-0.39, 0.29) is 24.0 Å². The van der Waals surface area contributed by atoms with Crippen molar-refractivity contribution in [3.63, 3.8) is 0 Å². The van der Waals surface area contributed by atoms with Gasteiger partial charge in [0.2, 0.25) is 0 Å². The molecule has 0 aromatic carbocycles. The average molecular weight is 465 g/mol. The maximum Gasteiger partial charge on any atom is 0.191 e. The van der Waals surface area contributed by atoms with Crippen LogP contribution in [0.3, 0.4) is 0 Å². The summed E-state index contributed by atoms with van der Waals surface area (Å²) in [5, 5.41) is 10.0. The first-order valence-electron chi connectivity index (χ1n) is 8.80. The standard InChI is InChI=1S/C17H31N5S.HI/c1-14(2)15-13-23-16(21-15)12-20-17(18-3)19-8-4-5-9-22-10-6-7-11-22;/h13-14H,4-12H2,1-3H3,(H2,18,19,20);1H. The van der Waals surface area contributed by atoms with Crippen LogP contribution in [0.15, 0.2) is 10.4 Å². The highest BCUT2D eigenvalue weighted by Gasteiger charge is 2.10. The minimum atomic E-state index is 0. The fraction of sp³-hybridized carbons (Fsp3) is 0.765. The van der Waals surface area contributed by atoms with E-state index in [1.54, 1.807) is 11.3 Å². The van der Waals surface area contributed by atoms with E-state index in [2.05, 4.69) is 44.7 Å². The summed E-state index contributed by atoms with van der Waals surface area (Å²) in [6.07, 6.45) is 5.20. The average Bonchev–Trinajstić information content (AvgIpc) is 3.21. The van der Waals surface area contributed by atoms with Gasteiger partial charge in [-0.25, -0.2) is 4.98 Å². The molecule has 138 valence electrons. The highest BCUT2D eigenvalue weighted by Crippen LogP contribution is 2.17. The Morgan fingerprint density at radius 1 is 1.29 bits per heavy atom. The minimum Gasteiger partial charge on any atom is -0.356 e. The van der Waals surface area contributed by atoms with Gasteiger partial charge in [0, 0.05) is 19.0 Å². The molecule has 1 aromatic rings. The van der Waals surface area contributed by atoms with Crippen LogP contribution in [0, 0.1) is 0 Å². The number of nitrogens with one attached hydrogen (secondary N) is 2. The van der Waals surface area contributed by atoms with Crippen LogP contribution in [0.1, 0.15) is 56.2 Å². The van der Waals surface area contributed by atoms with E-state index in [1.165, 1.54) is 51.0 Å². The molecule has 2 N–H and O–H groups in total. The third-order valence-corrected chi connectivity index (χ3v) is 5.05. The van der Waals surface area contributed by atoms with Crippen molar-refractivity contribution in [2.75, 3.05) is 33.2 Å². The van der Waals surface area contributed by atoms with Gasteiger partial charge in [0.25, 0.3) is 0 Å². The largest absolute Gasteiger partial charge is 0.356 e. The van der Waals surface area contributed by atoms with Gasteiger partial charge in [0.1, 0.15) is 5.01 Å². The molecule has 0 unspecified atom stereocenters. The quantitative estimate of drug-likeness (QED) is 0.267. The number of likely N-dealkylation sites (tertiary alicyclic amines) is 1. The molecule has 5 nitrogen and oxygen atoms in total. The number of guanidine groups is 1. The SMILES string of the molecule is CN=C(NCCCCN1CCCC1)NCc1nc(C(C)C)cs1.I. The van der Waals surface area contributed by atoms with Crippen LogP contribution >= 0.6 is 35.3 Å². The first kappa shape index (κ1) is 21.6. The number of nitrogens with zero attached hydrogens (tertiary/aromatic N) is 3. The van der Waals surface area contributed by atoms with Crippen molar-refractivity contribution in [2.45, 2.75) is 52.0 Å². The summed E-state index contributed by atoms with van der Waals surface area (Å²) < 4.78 is 0. The Labute approximate surface area is 167 Å². The third kappa shape index (κ3) is 7.65. The zero-order valence-electron chi connectivity index (χ0n) is 15.2. The van der Waals surface area contributed by atoms with E-state index in [0.717, 1.165) is 24.1 Å². The topological polar surface area (TPSA) is 52.6 Å². The van der Waals surface area contributed by atoms with Crippen LogP contribution in [0.2, 0.25) is 0 Å². The highest BCUT2D eigenvalue weighted by atomic mass is 127. The number of unbranched alkanes of at least 4 members (excludes halogenated alkanes) is 1. The molecule has 1 aliphatic heterocycles. The van der Waals surface area contributed by atoms with Crippen LogP contribution in [0.25, 0.3) is 0 Å².